The standard InChI is InChI=1S/C26H24BrNO.ClH/c1-20(18-28(2)19-22-9-5-3-6-10-22)26(29)25(23-11-7-4-8-12-23)17-21-13-15-24(27)16-14-21;/h3-17H,1,18-19H2,2H3;1H/b25-17-;. The Morgan fingerprint density at radius 3 is 2.10 bits per heavy atom. The lowest BCUT2D eigenvalue weighted by Crippen LogP contribution is -2.23. The second-order valence-electron chi connectivity index (χ2n) is 7.07. The van der Waals surface area contributed by atoms with Gasteiger partial charge in [-0.25, -0.2) is 0 Å². The van der Waals surface area contributed by atoms with E-state index < -0.39 is 0 Å². The first-order chi connectivity index (χ1) is 14.0. The first-order valence-corrected chi connectivity index (χ1v) is 10.3. The van der Waals surface area contributed by atoms with Gasteiger partial charge in [0.1, 0.15) is 0 Å². The Hall–Kier alpha value is -2.46. The fraction of sp³-hybridized carbons (Fsp3) is 0.115. The van der Waals surface area contributed by atoms with E-state index in [1.54, 1.807) is 0 Å². The van der Waals surface area contributed by atoms with Gasteiger partial charge in [-0.2, -0.15) is 0 Å². The average molecular weight is 483 g/mol. The lowest BCUT2D eigenvalue weighted by molar-refractivity contribution is -0.110. The van der Waals surface area contributed by atoms with Crippen LogP contribution in [0.1, 0.15) is 16.7 Å². The summed E-state index contributed by atoms with van der Waals surface area (Å²) in [5, 5.41) is 0. The molecule has 0 saturated heterocycles. The topological polar surface area (TPSA) is 20.3 Å². The summed E-state index contributed by atoms with van der Waals surface area (Å²) in [6, 6.07) is 27.9. The normalized spacial score (nSPS) is 11.1. The van der Waals surface area contributed by atoms with Gasteiger partial charge in [0.2, 0.25) is 0 Å². The van der Waals surface area contributed by atoms with Crippen LogP contribution >= 0.6 is 28.3 Å². The van der Waals surface area contributed by atoms with Crippen molar-refractivity contribution in [3.05, 3.63) is 118 Å². The van der Waals surface area contributed by atoms with E-state index in [4.69, 9.17) is 0 Å². The molecule has 0 amide bonds. The molecule has 0 aliphatic carbocycles. The van der Waals surface area contributed by atoms with Crippen LogP contribution in [0.3, 0.4) is 0 Å². The number of benzene rings is 3. The summed E-state index contributed by atoms with van der Waals surface area (Å²) in [4.78, 5) is 15.4. The highest BCUT2D eigenvalue weighted by Gasteiger charge is 2.17. The van der Waals surface area contributed by atoms with Crippen molar-refractivity contribution in [1.29, 1.82) is 0 Å². The van der Waals surface area contributed by atoms with Crippen LogP contribution in [-0.2, 0) is 11.3 Å². The second kappa shape index (κ2) is 11.7. The predicted molar refractivity (Wildman–Crippen MR) is 133 cm³/mol. The van der Waals surface area contributed by atoms with Crippen LogP contribution in [0.4, 0.5) is 0 Å². The molecule has 0 bridgehead atoms. The van der Waals surface area contributed by atoms with E-state index in [2.05, 4.69) is 39.5 Å². The summed E-state index contributed by atoms with van der Waals surface area (Å²) < 4.78 is 1.01. The summed E-state index contributed by atoms with van der Waals surface area (Å²) >= 11 is 3.46. The van der Waals surface area contributed by atoms with Crippen LogP contribution in [0.15, 0.2) is 102 Å². The van der Waals surface area contributed by atoms with E-state index >= 15 is 0 Å². The highest BCUT2D eigenvalue weighted by atomic mass is 79.9. The largest absolute Gasteiger partial charge is 0.298 e. The number of carbonyl (C=O) groups excluding carboxylic acids is 1. The highest BCUT2D eigenvalue weighted by Crippen LogP contribution is 2.23. The third-order valence-electron chi connectivity index (χ3n) is 4.59. The van der Waals surface area contributed by atoms with Gasteiger partial charge in [0.15, 0.2) is 5.78 Å². The molecule has 0 saturated carbocycles. The van der Waals surface area contributed by atoms with Gasteiger partial charge in [-0.1, -0.05) is 95.3 Å². The number of nitrogens with zero attached hydrogens (tertiary/aromatic N) is 1. The Balaban J connectivity index is 0.00000320. The van der Waals surface area contributed by atoms with Crippen molar-refractivity contribution in [2.75, 3.05) is 13.6 Å². The Labute approximate surface area is 193 Å². The number of rotatable bonds is 8. The van der Waals surface area contributed by atoms with Crippen LogP contribution < -0.4 is 0 Å². The van der Waals surface area contributed by atoms with Crippen molar-refractivity contribution in [3.8, 4) is 0 Å². The Morgan fingerprint density at radius 2 is 1.50 bits per heavy atom. The summed E-state index contributed by atoms with van der Waals surface area (Å²) in [5.41, 5.74) is 4.32. The lowest BCUT2D eigenvalue weighted by atomic mass is 9.95. The van der Waals surface area contributed by atoms with E-state index in [9.17, 15) is 4.79 Å². The number of likely N-dealkylation sites (N-methyl/N-ethyl adjacent to an activating group) is 1. The van der Waals surface area contributed by atoms with Crippen LogP contribution in [0.2, 0.25) is 0 Å². The molecular formula is C26H25BrClNO. The smallest absolute Gasteiger partial charge is 0.190 e. The Bertz CT molecular complexity index is 998. The van der Waals surface area contributed by atoms with Crippen molar-refractivity contribution >= 4 is 45.8 Å². The molecule has 0 aliphatic rings. The Morgan fingerprint density at radius 1 is 0.933 bits per heavy atom. The third kappa shape index (κ3) is 6.81. The zero-order valence-electron chi connectivity index (χ0n) is 16.9. The number of halogens is 2. The molecule has 3 aromatic rings. The van der Waals surface area contributed by atoms with Crippen molar-refractivity contribution < 1.29 is 4.79 Å². The highest BCUT2D eigenvalue weighted by molar-refractivity contribution is 9.10. The van der Waals surface area contributed by atoms with Gasteiger partial charge in [-0.05, 0) is 41.9 Å². The second-order valence-corrected chi connectivity index (χ2v) is 7.98. The monoisotopic (exact) mass is 481 g/mol. The molecule has 0 radical (unpaired) electrons. The van der Waals surface area contributed by atoms with E-state index in [1.165, 1.54) is 5.56 Å². The van der Waals surface area contributed by atoms with Crippen LogP contribution in [-0.4, -0.2) is 24.3 Å². The van der Waals surface area contributed by atoms with Gasteiger partial charge in [-0.15, -0.1) is 12.4 Å². The third-order valence-corrected chi connectivity index (χ3v) is 5.12. The molecule has 0 unspecified atom stereocenters. The quantitative estimate of drug-likeness (QED) is 0.264. The lowest BCUT2D eigenvalue weighted by Gasteiger charge is -2.18. The fourth-order valence-electron chi connectivity index (χ4n) is 3.16. The maximum absolute atomic E-state index is 13.3. The minimum absolute atomic E-state index is 0. The van der Waals surface area contributed by atoms with Gasteiger partial charge < -0.3 is 0 Å². The number of allylic oxidation sites excluding steroid dienone is 1. The molecule has 0 spiro atoms. The van der Waals surface area contributed by atoms with E-state index in [0.29, 0.717) is 17.7 Å². The van der Waals surface area contributed by atoms with Crippen molar-refractivity contribution in [1.82, 2.24) is 4.90 Å². The molecule has 0 heterocycles. The minimum Gasteiger partial charge on any atom is -0.298 e. The molecule has 0 N–H and O–H groups in total. The predicted octanol–water partition coefficient (Wildman–Crippen LogP) is 6.67. The van der Waals surface area contributed by atoms with Crippen LogP contribution in [0, 0.1) is 0 Å². The van der Waals surface area contributed by atoms with Gasteiger partial charge in [0.05, 0.1) is 0 Å². The molecule has 30 heavy (non-hydrogen) atoms. The maximum atomic E-state index is 13.3. The van der Waals surface area contributed by atoms with Crippen LogP contribution in [0.25, 0.3) is 11.6 Å². The molecule has 0 atom stereocenters. The molecule has 4 heteroatoms. The van der Waals surface area contributed by atoms with Gasteiger partial charge >= 0.3 is 0 Å². The van der Waals surface area contributed by atoms with Crippen LogP contribution in [0.5, 0.6) is 0 Å². The van der Waals surface area contributed by atoms with Crippen molar-refractivity contribution in [2.24, 2.45) is 0 Å². The van der Waals surface area contributed by atoms with E-state index in [-0.39, 0.29) is 18.2 Å². The first-order valence-electron chi connectivity index (χ1n) is 9.50. The average Bonchev–Trinajstić information content (AvgIpc) is 2.74. The van der Waals surface area contributed by atoms with E-state index in [1.807, 2.05) is 85.9 Å². The number of ketones is 1. The molecule has 154 valence electrons. The molecular weight excluding hydrogens is 458 g/mol. The molecule has 2 nitrogen and oxygen atoms in total. The van der Waals surface area contributed by atoms with Gasteiger partial charge in [0.25, 0.3) is 0 Å². The molecule has 0 fully saturated rings. The maximum Gasteiger partial charge on any atom is 0.190 e. The van der Waals surface area contributed by atoms with Gasteiger partial charge in [-0.3, -0.25) is 9.69 Å². The summed E-state index contributed by atoms with van der Waals surface area (Å²) in [6.07, 6.45) is 1.94. The fourth-order valence-corrected chi connectivity index (χ4v) is 3.43. The van der Waals surface area contributed by atoms with Gasteiger partial charge in [0, 0.05) is 28.7 Å². The summed E-state index contributed by atoms with van der Waals surface area (Å²) in [5.74, 6) is -0.0287. The summed E-state index contributed by atoms with van der Waals surface area (Å²) in [6.45, 7) is 5.38. The zero-order valence-corrected chi connectivity index (χ0v) is 19.3. The number of hydrogen-bond acceptors (Lipinski definition) is 2. The number of hydrogen-bond donors (Lipinski definition) is 0. The first kappa shape index (κ1) is 23.8. The SMILES string of the molecule is C=C(CN(C)Cc1ccccc1)C(=O)/C(=C\c1ccc(Br)cc1)c1ccccc1.Cl. The zero-order chi connectivity index (χ0) is 20.6. The Kier molecular flexibility index (Phi) is 9.25. The molecule has 0 aliphatic heterocycles. The molecule has 3 aromatic carbocycles. The van der Waals surface area contributed by atoms with E-state index in [0.717, 1.165) is 22.1 Å². The number of carbonyl (C=O) groups is 1. The summed E-state index contributed by atoms with van der Waals surface area (Å²) in [7, 11) is 2.01. The van der Waals surface area contributed by atoms with Crippen molar-refractivity contribution in [3.63, 3.8) is 0 Å². The minimum atomic E-state index is -0.0287. The molecule has 0 aromatic heterocycles. The molecule has 3 rings (SSSR count). The number of Topliss-reactive ketones (excluding diaryl/α,β-unsaturated/α-hetero) is 1. The van der Waals surface area contributed by atoms with Crippen molar-refractivity contribution in [2.45, 2.75) is 6.54 Å².